The zero-order valence-electron chi connectivity index (χ0n) is 10.5. The first kappa shape index (κ1) is 13.4. The molecule has 0 aliphatic heterocycles. The monoisotopic (exact) mass is 352 g/mol. The van der Waals surface area contributed by atoms with E-state index in [-0.39, 0.29) is 5.56 Å². The molecular formula is C14H10BrClN2O2. The average molecular weight is 354 g/mol. The number of ether oxygens (including phenoxy) is 1. The van der Waals surface area contributed by atoms with E-state index < -0.39 is 5.97 Å². The highest BCUT2D eigenvalue weighted by Crippen LogP contribution is 2.32. The van der Waals surface area contributed by atoms with Crippen LogP contribution in [0.25, 0.3) is 21.9 Å². The summed E-state index contributed by atoms with van der Waals surface area (Å²) in [6.07, 6.45) is 1.46. The third kappa shape index (κ3) is 2.07. The van der Waals surface area contributed by atoms with Crippen LogP contribution in [-0.2, 0) is 4.74 Å². The molecule has 2 heterocycles. The van der Waals surface area contributed by atoms with Crippen molar-refractivity contribution in [1.29, 1.82) is 0 Å². The van der Waals surface area contributed by atoms with Crippen LogP contribution in [0.3, 0.4) is 0 Å². The molecule has 6 heteroatoms. The lowest BCUT2D eigenvalue weighted by Crippen LogP contribution is -2.06. The first-order valence-corrected chi connectivity index (χ1v) is 7.21. The molecule has 4 nitrogen and oxygen atoms in total. The minimum absolute atomic E-state index is 0.270. The maximum atomic E-state index is 11.8. The molecule has 20 heavy (non-hydrogen) atoms. The second-order valence-electron chi connectivity index (χ2n) is 4.24. The van der Waals surface area contributed by atoms with Gasteiger partial charge in [0.15, 0.2) is 0 Å². The van der Waals surface area contributed by atoms with Crippen molar-refractivity contribution in [2.75, 3.05) is 6.61 Å². The molecule has 0 atom stereocenters. The second kappa shape index (κ2) is 5.07. The Labute approximate surface area is 128 Å². The molecule has 1 N–H and O–H groups in total. The minimum Gasteiger partial charge on any atom is -0.462 e. The van der Waals surface area contributed by atoms with Crippen LogP contribution in [0.2, 0.25) is 5.02 Å². The SMILES string of the molecule is CCOC(=O)c1cnc2c([nH]c3ccc(Br)cc32)c1Cl. The largest absolute Gasteiger partial charge is 0.462 e. The highest BCUT2D eigenvalue weighted by Gasteiger charge is 2.17. The number of pyridine rings is 1. The van der Waals surface area contributed by atoms with E-state index >= 15 is 0 Å². The number of hydrogen-bond acceptors (Lipinski definition) is 3. The van der Waals surface area contributed by atoms with Crippen molar-refractivity contribution >= 4 is 55.4 Å². The number of esters is 1. The van der Waals surface area contributed by atoms with Crippen LogP contribution in [0.15, 0.2) is 28.9 Å². The van der Waals surface area contributed by atoms with Crippen molar-refractivity contribution in [3.63, 3.8) is 0 Å². The lowest BCUT2D eigenvalue weighted by atomic mass is 10.2. The summed E-state index contributed by atoms with van der Waals surface area (Å²) in [6, 6.07) is 5.82. The third-order valence-corrected chi connectivity index (χ3v) is 3.89. The van der Waals surface area contributed by atoms with E-state index in [1.54, 1.807) is 6.92 Å². The number of H-pyrrole nitrogens is 1. The number of nitrogens with zero attached hydrogens (tertiary/aromatic N) is 1. The van der Waals surface area contributed by atoms with Gasteiger partial charge in [0.05, 0.1) is 28.2 Å². The van der Waals surface area contributed by atoms with Gasteiger partial charge in [-0.15, -0.1) is 0 Å². The molecule has 0 aliphatic carbocycles. The minimum atomic E-state index is -0.466. The number of fused-ring (bicyclic) bond motifs is 3. The van der Waals surface area contributed by atoms with E-state index in [4.69, 9.17) is 16.3 Å². The highest BCUT2D eigenvalue weighted by atomic mass is 79.9. The molecule has 0 bridgehead atoms. The van der Waals surface area contributed by atoms with Gasteiger partial charge in [0.1, 0.15) is 0 Å². The molecule has 3 aromatic rings. The summed E-state index contributed by atoms with van der Waals surface area (Å²) in [4.78, 5) is 19.3. The number of aromatic nitrogens is 2. The lowest BCUT2D eigenvalue weighted by Gasteiger charge is -2.04. The molecule has 0 unspecified atom stereocenters. The van der Waals surface area contributed by atoms with Gasteiger partial charge in [0.25, 0.3) is 0 Å². The molecule has 3 rings (SSSR count). The molecular weight excluding hydrogens is 344 g/mol. The van der Waals surface area contributed by atoms with Crippen LogP contribution in [-0.4, -0.2) is 22.5 Å². The Balaban J connectivity index is 2.28. The number of carbonyl (C=O) groups excluding carboxylic acids is 1. The number of halogens is 2. The summed E-state index contributed by atoms with van der Waals surface area (Å²) in [5.41, 5.74) is 2.56. The van der Waals surface area contributed by atoms with Crippen molar-refractivity contribution in [3.8, 4) is 0 Å². The Morgan fingerprint density at radius 1 is 1.50 bits per heavy atom. The second-order valence-corrected chi connectivity index (χ2v) is 5.54. The van der Waals surface area contributed by atoms with Crippen LogP contribution >= 0.6 is 27.5 Å². The van der Waals surface area contributed by atoms with Crippen LogP contribution < -0.4 is 0 Å². The molecule has 1 aromatic carbocycles. The number of rotatable bonds is 2. The topological polar surface area (TPSA) is 55.0 Å². The van der Waals surface area contributed by atoms with E-state index in [0.717, 1.165) is 20.9 Å². The molecule has 0 radical (unpaired) electrons. The predicted molar refractivity (Wildman–Crippen MR) is 82.3 cm³/mol. The summed E-state index contributed by atoms with van der Waals surface area (Å²) in [6.45, 7) is 2.05. The number of carbonyl (C=O) groups is 1. The lowest BCUT2D eigenvalue weighted by molar-refractivity contribution is 0.0526. The molecule has 0 fully saturated rings. The van der Waals surface area contributed by atoms with Crippen molar-refractivity contribution < 1.29 is 9.53 Å². The van der Waals surface area contributed by atoms with Gasteiger partial charge in [-0.3, -0.25) is 4.98 Å². The number of hydrogen-bond donors (Lipinski definition) is 1. The van der Waals surface area contributed by atoms with Crippen molar-refractivity contribution in [2.45, 2.75) is 6.92 Å². The maximum absolute atomic E-state index is 11.8. The summed E-state index contributed by atoms with van der Waals surface area (Å²) in [7, 11) is 0. The zero-order valence-corrected chi connectivity index (χ0v) is 12.9. The van der Waals surface area contributed by atoms with Crippen LogP contribution in [0, 0.1) is 0 Å². The summed E-state index contributed by atoms with van der Waals surface area (Å²) in [5, 5.41) is 1.28. The van der Waals surface area contributed by atoms with Crippen LogP contribution in [0.1, 0.15) is 17.3 Å². The van der Waals surface area contributed by atoms with E-state index in [2.05, 4.69) is 25.9 Å². The Bertz CT molecular complexity index is 829. The van der Waals surface area contributed by atoms with Crippen molar-refractivity contribution in [1.82, 2.24) is 9.97 Å². The van der Waals surface area contributed by atoms with E-state index in [0.29, 0.717) is 17.1 Å². The molecule has 102 valence electrons. The molecule has 0 saturated carbocycles. The van der Waals surface area contributed by atoms with Gasteiger partial charge in [-0.25, -0.2) is 4.79 Å². The predicted octanol–water partition coefficient (Wildman–Crippen LogP) is 4.31. The fourth-order valence-electron chi connectivity index (χ4n) is 2.11. The van der Waals surface area contributed by atoms with Crippen molar-refractivity contribution in [2.24, 2.45) is 0 Å². The van der Waals surface area contributed by atoms with Gasteiger partial charge in [-0.1, -0.05) is 27.5 Å². The first-order chi connectivity index (χ1) is 9.61. The molecule has 0 aliphatic rings. The van der Waals surface area contributed by atoms with Gasteiger partial charge in [0.2, 0.25) is 0 Å². The Kier molecular flexibility index (Phi) is 3.40. The molecule has 0 saturated heterocycles. The Morgan fingerprint density at radius 3 is 3.05 bits per heavy atom. The zero-order chi connectivity index (χ0) is 14.3. The Morgan fingerprint density at radius 2 is 2.30 bits per heavy atom. The summed E-state index contributed by atoms with van der Waals surface area (Å²) >= 11 is 9.73. The molecule has 2 aromatic heterocycles. The fourth-order valence-corrected chi connectivity index (χ4v) is 2.74. The quantitative estimate of drug-likeness (QED) is 0.699. The van der Waals surface area contributed by atoms with E-state index in [9.17, 15) is 4.79 Å². The van der Waals surface area contributed by atoms with Gasteiger partial charge >= 0.3 is 5.97 Å². The fraction of sp³-hybridized carbons (Fsp3) is 0.143. The van der Waals surface area contributed by atoms with Gasteiger partial charge < -0.3 is 9.72 Å². The van der Waals surface area contributed by atoms with Crippen LogP contribution in [0.4, 0.5) is 0 Å². The summed E-state index contributed by atoms with van der Waals surface area (Å²) < 4.78 is 5.92. The summed E-state index contributed by atoms with van der Waals surface area (Å²) in [5.74, 6) is -0.466. The van der Waals surface area contributed by atoms with Gasteiger partial charge in [0, 0.05) is 21.6 Å². The first-order valence-electron chi connectivity index (χ1n) is 6.04. The molecule has 0 amide bonds. The van der Waals surface area contributed by atoms with E-state index in [1.165, 1.54) is 6.20 Å². The van der Waals surface area contributed by atoms with E-state index in [1.807, 2.05) is 18.2 Å². The number of nitrogens with one attached hydrogen (secondary N) is 1. The maximum Gasteiger partial charge on any atom is 0.341 e. The number of aromatic amines is 1. The normalized spacial score (nSPS) is 11.2. The Hall–Kier alpha value is -1.59. The number of benzene rings is 1. The third-order valence-electron chi connectivity index (χ3n) is 3.01. The molecule has 0 spiro atoms. The van der Waals surface area contributed by atoms with Crippen LogP contribution in [0.5, 0.6) is 0 Å². The van der Waals surface area contributed by atoms with Crippen molar-refractivity contribution in [3.05, 3.63) is 39.5 Å². The van der Waals surface area contributed by atoms with Gasteiger partial charge in [-0.05, 0) is 25.1 Å². The van der Waals surface area contributed by atoms with Gasteiger partial charge in [-0.2, -0.15) is 0 Å². The average Bonchev–Trinajstić information content (AvgIpc) is 2.78. The highest BCUT2D eigenvalue weighted by molar-refractivity contribution is 9.10. The smallest absolute Gasteiger partial charge is 0.341 e. The standard InChI is InChI=1S/C14H10BrClN2O2/c1-2-20-14(19)9-6-17-12-8-5-7(15)3-4-10(8)18-13(12)11(9)16/h3-6,18H,2H2,1H3.